The van der Waals surface area contributed by atoms with Gasteiger partial charge in [0.2, 0.25) is 5.91 Å². The summed E-state index contributed by atoms with van der Waals surface area (Å²) in [6.07, 6.45) is 6.49. The van der Waals surface area contributed by atoms with Crippen LogP contribution in [0.5, 0.6) is 0 Å². The molecule has 1 amide bonds. The van der Waals surface area contributed by atoms with Gasteiger partial charge in [-0.2, -0.15) is 0 Å². The van der Waals surface area contributed by atoms with Crippen LogP contribution in [-0.4, -0.2) is 5.91 Å². The number of fused-ring (bicyclic) bond motifs is 1. The van der Waals surface area contributed by atoms with Gasteiger partial charge in [0.05, 0.1) is 0 Å². The third-order valence-electron chi connectivity index (χ3n) is 2.28. The summed E-state index contributed by atoms with van der Waals surface area (Å²) in [5.74, 6) is 0.749. The summed E-state index contributed by atoms with van der Waals surface area (Å²) in [5, 5.41) is 2.88. The molecule has 2 aliphatic rings. The topological polar surface area (TPSA) is 29.1 Å². The molecule has 1 fully saturated rings. The van der Waals surface area contributed by atoms with Gasteiger partial charge >= 0.3 is 0 Å². The average Bonchev–Trinajstić information content (AvgIpc) is 2.27. The molecule has 0 spiro atoms. The number of carbonyl (C=O) groups is 1. The van der Waals surface area contributed by atoms with E-state index in [4.69, 9.17) is 0 Å². The number of rotatable bonds is 0. The first kappa shape index (κ1) is 5.96. The van der Waals surface area contributed by atoms with Gasteiger partial charge in [-0.15, -0.1) is 0 Å². The van der Waals surface area contributed by atoms with Crippen molar-refractivity contribution in [2.24, 2.45) is 5.92 Å². The third kappa shape index (κ3) is 0.838. The fourth-order valence-electron chi connectivity index (χ4n) is 1.74. The van der Waals surface area contributed by atoms with Gasteiger partial charge in [-0.05, 0) is 19.3 Å². The highest BCUT2D eigenvalue weighted by Crippen LogP contribution is 2.29. The highest BCUT2D eigenvalue weighted by Gasteiger charge is 2.27. The van der Waals surface area contributed by atoms with E-state index in [1.165, 1.54) is 18.5 Å². The average molecular weight is 137 g/mol. The van der Waals surface area contributed by atoms with Crippen molar-refractivity contribution >= 4 is 5.91 Å². The lowest BCUT2D eigenvalue weighted by Crippen LogP contribution is -2.13. The summed E-state index contributed by atoms with van der Waals surface area (Å²) in [7, 11) is 0. The molecule has 2 heteroatoms. The van der Waals surface area contributed by atoms with E-state index >= 15 is 0 Å². The summed E-state index contributed by atoms with van der Waals surface area (Å²) in [4.78, 5) is 10.9. The standard InChI is InChI=1S/C8H11NO/c10-8-5-6-3-1-2-4-7(6)9-8/h4,6H,1-3,5H2,(H,9,10). The zero-order chi connectivity index (χ0) is 6.97. The van der Waals surface area contributed by atoms with Crippen LogP contribution in [-0.2, 0) is 4.79 Å². The van der Waals surface area contributed by atoms with Gasteiger partial charge in [-0.3, -0.25) is 4.79 Å². The van der Waals surface area contributed by atoms with Crippen LogP contribution in [0.15, 0.2) is 11.8 Å². The van der Waals surface area contributed by atoms with Gasteiger partial charge in [-0.25, -0.2) is 0 Å². The van der Waals surface area contributed by atoms with E-state index in [2.05, 4.69) is 11.4 Å². The minimum Gasteiger partial charge on any atom is -0.330 e. The van der Waals surface area contributed by atoms with Crippen LogP contribution in [0.1, 0.15) is 25.7 Å². The van der Waals surface area contributed by atoms with Gasteiger partial charge in [-0.1, -0.05) is 6.08 Å². The molecule has 10 heavy (non-hydrogen) atoms. The third-order valence-corrected chi connectivity index (χ3v) is 2.28. The predicted molar refractivity (Wildman–Crippen MR) is 38.2 cm³/mol. The molecule has 1 aliphatic heterocycles. The van der Waals surface area contributed by atoms with Crippen LogP contribution in [0.3, 0.4) is 0 Å². The SMILES string of the molecule is O=C1CC2CCCC=C2N1. The Kier molecular flexibility index (Phi) is 1.26. The molecule has 0 bridgehead atoms. The maximum absolute atomic E-state index is 10.9. The van der Waals surface area contributed by atoms with Crippen LogP contribution < -0.4 is 5.32 Å². The van der Waals surface area contributed by atoms with Crippen LogP contribution in [0.4, 0.5) is 0 Å². The predicted octanol–water partition coefficient (Wildman–Crippen LogP) is 1.19. The fourth-order valence-corrected chi connectivity index (χ4v) is 1.74. The molecule has 0 aromatic rings. The second-order valence-corrected chi connectivity index (χ2v) is 3.04. The number of carbonyl (C=O) groups excluding carboxylic acids is 1. The highest BCUT2D eigenvalue weighted by molar-refractivity contribution is 5.81. The molecule has 0 aromatic carbocycles. The number of hydrogen-bond acceptors (Lipinski definition) is 1. The number of nitrogens with one attached hydrogen (secondary N) is 1. The molecule has 1 saturated heterocycles. The largest absolute Gasteiger partial charge is 0.330 e. The lowest BCUT2D eigenvalue weighted by molar-refractivity contribution is -0.119. The molecule has 2 nitrogen and oxygen atoms in total. The van der Waals surface area contributed by atoms with E-state index in [0.29, 0.717) is 5.92 Å². The highest BCUT2D eigenvalue weighted by atomic mass is 16.1. The smallest absolute Gasteiger partial charge is 0.224 e. The second-order valence-electron chi connectivity index (χ2n) is 3.04. The zero-order valence-electron chi connectivity index (χ0n) is 5.89. The molecule has 1 unspecified atom stereocenters. The lowest BCUT2D eigenvalue weighted by atomic mass is 9.93. The summed E-state index contributed by atoms with van der Waals surface area (Å²) in [6.45, 7) is 0. The first-order valence-electron chi connectivity index (χ1n) is 3.86. The Hall–Kier alpha value is -0.790. The lowest BCUT2D eigenvalue weighted by Gasteiger charge is -2.14. The van der Waals surface area contributed by atoms with E-state index in [1.807, 2.05) is 0 Å². The van der Waals surface area contributed by atoms with Crippen molar-refractivity contribution in [3.05, 3.63) is 11.8 Å². The van der Waals surface area contributed by atoms with Gasteiger partial charge < -0.3 is 5.32 Å². The number of hydrogen-bond donors (Lipinski definition) is 1. The Bertz CT molecular complexity index is 195. The van der Waals surface area contributed by atoms with Crippen molar-refractivity contribution in [1.82, 2.24) is 5.32 Å². The Labute approximate surface area is 60.3 Å². The first-order chi connectivity index (χ1) is 4.86. The van der Waals surface area contributed by atoms with Gasteiger partial charge in [0.15, 0.2) is 0 Å². The molecular weight excluding hydrogens is 126 g/mol. The molecular formula is C8H11NO. The monoisotopic (exact) mass is 137 g/mol. The quantitative estimate of drug-likeness (QED) is 0.534. The molecule has 1 heterocycles. The zero-order valence-corrected chi connectivity index (χ0v) is 5.89. The maximum atomic E-state index is 10.9. The molecule has 0 aromatic heterocycles. The van der Waals surface area contributed by atoms with Gasteiger partial charge in [0.25, 0.3) is 0 Å². The first-order valence-corrected chi connectivity index (χ1v) is 3.86. The number of amides is 1. The van der Waals surface area contributed by atoms with Crippen LogP contribution >= 0.6 is 0 Å². The van der Waals surface area contributed by atoms with E-state index in [0.717, 1.165) is 12.8 Å². The minimum absolute atomic E-state index is 0.207. The van der Waals surface area contributed by atoms with Crippen molar-refractivity contribution in [1.29, 1.82) is 0 Å². The van der Waals surface area contributed by atoms with Crippen molar-refractivity contribution in [3.63, 3.8) is 0 Å². The van der Waals surface area contributed by atoms with E-state index < -0.39 is 0 Å². The van der Waals surface area contributed by atoms with Crippen LogP contribution in [0.25, 0.3) is 0 Å². The van der Waals surface area contributed by atoms with E-state index in [-0.39, 0.29) is 5.91 Å². The van der Waals surface area contributed by atoms with Crippen molar-refractivity contribution in [2.75, 3.05) is 0 Å². The summed E-state index contributed by atoms with van der Waals surface area (Å²) < 4.78 is 0. The summed E-state index contributed by atoms with van der Waals surface area (Å²) in [6, 6.07) is 0. The molecule has 2 rings (SSSR count). The van der Waals surface area contributed by atoms with Gasteiger partial charge in [0, 0.05) is 18.0 Å². The molecule has 1 aliphatic carbocycles. The van der Waals surface area contributed by atoms with Crippen molar-refractivity contribution < 1.29 is 4.79 Å². The van der Waals surface area contributed by atoms with Crippen molar-refractivity contribution in [2.45, 2.75) is 25.7 Å². The summed E-state index contributed by atoms with van der Waals surface area (Å²) in [5.41, 5.74) is 1.19. The fraction of sp³-hybridized carbons (Fsp3) is 0.625. The molecule has 1 atom stereocenters. The Balaban J connectivity index is 2.20. The second kappa shape index (κ2) is 2.11. The normalized spacial score (nSPS) is 31.0. The summed E-state index contributed by atoms with van der Waals surface area (Å²) >= 11 is 0. The Morgan fingerprint density at radius 2 is 2.50 bits per heavy atom. The molecule has 1 N–H and O–H groups in total. The number of allylic oxidation sites excluding steroid dienone is 2. The van der Waals surface area contributed by atoms with Gasteiger partial charge in [0.1, 0.15) is 0 Å². The molecule has 54 valence electrons. The van der Waals surface area contributed by atoms with Crippen LogP contribution in [0, 0.1) is 5.92 Å². The van der Waals surface area contributed by atoms with E-state index in [9.17, 15) is 4.79 Å². The van der Waals surface area contributed by atoms with E-state index in [1.54, 1.807) is 0 Å². The minimum atomic E-state index is 0.207. The van der Waals surface area contributed by atoms with Crippen LogP contribution in [0.2, 0.25) is 0 Å². The van der Waals surface area contributed by atoms with Crippen molar-refractivity contribution in [3.8, 4) is 0 Å². The molecule has 0 saturated carbocycles. The molecule has 0 radical (unpaired) electrons. The maximum Gasteiger partial charge on any atom is 0.224 e. The Morgan fingerprint density at radius 3 is 3.30 bits per heavy atom. The Morgan fingerprint density at radius 1 is 1.60 bits per heavy atom.